The Morgan fingerprint density at radius 2 is 1.90 bits per heavy atom. The van der Waals surface area contributed by atoms with Crippen LogP contribution in [-0.2, 0) is 0 Å². The highest BCUT2D eigenvalue weighted by atomic mass is 19.4. The molecule has 1 aromatic rings. The van der Waals surface area contributed by atoms with Gasteiger partial charge in [0.05, 0.1) is 5.92 Å². The van der Waals surface area contributed by atoms with Gasteiger partial charge in [0.25, 0.3) is 0 Å². The van der Waals surface area contributed by atoms with Crippen LogP contribution in [0.2, 0.25) is 0 Å². The number of hydrogen-bond donors (Lipinski definition) is 1. The molecule has 20 heavy (non-hydrogen) atoms. The molecule has 3 nitrogen and oxygen atoms in total. The molecule has 110 valence electrons. The third-order valence-corrected chi connectivity index (χ3v) is 3.41. The van der Waals surface area contributed by atoms with Gasteiger partial charge in [-0.05, 0) is 31.4 Å². The third kappa shape index (κ3) is 4.15. The average Bonchev–Trinajstić information content (AvgIpc) is 2.39. The van der Waals surface area contributed by atoms with Crippen molar-refractivity contribution in [2.45, 2.75) is 37.9 Å². The van der Waals surface area contributed by atoms with Crippen LogP contribution in [-0.4, -0.2) is 18.3 Å². The van der Waals surface area contributed by atoms with E-state index < -0.39 is 24.2 Å². The fourth-order valence-corrected chi connectivity index (χ4v) is 2.41. The first-order valence-corrected chi connectivity index (χ1v) is 6.55. The van der Waals surface area contributed by atoms with E-state index in [9.17, 15) is 18.0 Å². The predicted octanol–water partition coefficient (Wildman–Crippen LogP) is 3.90. The van der Waals surface area contributed by atoms with E-state index in [2.05, 4.69) is 5.32 Å². The number of amides is 1. The minimum atomic E-state index is -4.19. The summed E-state index contributed by atoms with van der Waals surface area (Å²) < 4.78 is 43.0. The first kappa shape index (κ1) is 14.7. The molecule has 2 rings (SSSR count). The molecular formula is C14H16F3NO2. The van der Waals surface area contributed by atoms with Crippen molar-refractivity contribution in [3.63, 3.8) is 0 Å². The molecule has 1 aliphatic carbocycles. The van der Waals surface area contributed by atoms with Crippen LogP contribution in [0.1, 0.15) is 25.7 Å². The van der Waals surface area contributed by atoms with Gasteiger partial charge in [0, 0.05) is 6.04 Å². The second kappa shape index (κ2) is 6.15. The van der Waals surface area contributed by atoms with Crippen LogP contribution in [0.3, 0.4) is 0 Å². The van der Waals surface area contributed by atoms with Gasteiger partial charge in [0.15, 0.2) is 0 Å². The molecule has 6 heteroatoms. The Kier molecular flexibility index (Phi) is 4.52. The maximum Gasteiger partial charge on any atom is 0.412 e. The summed E-state index contributed by atoms with van der Waals surface area (Å²) in [7, 11) is 0. The molecule has 0 aliphatic heterocycles. The molecule has 1 saturated carbocycles. The van der Waals surface area contributed by atoms with Gasteiger partial charge >= 0.3 is 12.3 Å². The number of benzene rings is 1. The first-order chi connectivity index (χ1) is 9.45. The van der Waals surface area contributed by atoms with E-state index in [-0.39, 0.29) is 12.8 Å². The summed E-state index contributed by atoms with van der Waals surface area (Å²) in [5.74, 6) is -0.966. The minimum absolute atomic E-state index is 0.0760. The van der Waals surface area contributed by atoms with Crippen LogP contribution >= 0.6 is 0 Å². The lowest BCUT2D eigenvalue weighted by molar-refractivity contribution is -0.183. The quantitative estimate of drug-likeness (QED) is 0.896. The number of nitrogens with one attached hydrogen (secondary N) is 1. The summed E-state index contributed by atoms with van der Waals surface area (Å²) in [4.78, 5) is 11.6. The summed E-state index contributed by atoms with van der Waals surface area (Å²) in [5.41, 5.74) is 0. The van der Waals surface area contributed by atoms with Crippen molar-refractivity contribution >= 4 is 6.09 Å². The van der Waals surface area contributed by atoms with Crippen LogP contribution in [0.5, 0.6) is 5.75 Å². The van der Waals surface area contributed by atoms with Gasteiger partial charge in [-0.15, -0.1) is 0 Å². The Bertz CT molecular complexity index is 447. The van der Waals surface area contributed by atoms with Gasteiger partial charge in [-0.25, -0.2) is 4.79 Å². The van der Waals surface area contributed by atoms with Gasteiger partial charge in [-0.2, -0.15) is 13.2 Å². The Morgan fingerprint density at radius 3 is 2.55 bits per heavy atom. The van der Waals surface area contributed by atoms with E-state index in [0.717, 1.165) is 0 Å². The Labute approximate surface area is 115 Å². The van der Waals surface area contributed by atoms with E-state index in [1.807, 2.05) is 0 Å². The molecule has 1 N–H and O–H groups in total. The van der Waals surface area contributed by atoms with Gasteiger partial charge in [0.1, 0.15) is 5.75 Å². The molecule has 2 unspecified atom stereocenters. The molecule has 0 saturated heterocycles. The van der Waals surface area contributed by atoms with Crippen molar-refractivity contribution < 1.29 is 22.7 Å². The number of halogens is 3. The number of para-hydroxylation sites is 1. The summed E-state index contributed by atoms with van der Waals surface area (Å²) in [5, 5.41) is 2.51. The molecule has 0 radical (unpaired) electrons. The van der Waals surface area contributed by atoms with Crippen molar-refractivity contribution in [2.24, 2.45) is 5.92 Å². The van der Waals surface area contributed by atoms with Crippen molar-refractivity contribution in [2.75, 3.05) is 0 Å². The molecule has 1 aromatic carbocycles. The van der Waals surface area contributed by atoms with Crippen LogP contribution < -0.4 is 10.1 Å². The summed E-state index contributed by atoms with van der Waals surface area (Å²) in [6, 6.07) is 7.94. The SMILES string of the molecule is O=C(NC1CCCC(C(F)(F)F)C1)Oc1ccccc1. The maximum absolute atomic E-state index is 12.7. The number of hydrogen-bond acceptors (Lipinski definition) is 2. The van der Waals surface area contributed by atoms with Crippen LogP contribution in [0.15, 0.2) is 30.3 Å². The number of alkyl halides is 3. The van der Waals surface area contributed by atoms with Crippen LogP contribution in [0.25, 0.3) is 0 Å². The van der Waals surface area contributed by atoms with Gasteiger partial charge in [-0.1, -0.05) is 24.6 Å². The molecule has 1 aliphatic rings. The van der Waals surface area contributed by atoms with Gasteiger partial charge in [0.2, 0.25) is 0 Å². The largest absolute Gasteiger partial charge is 0.412 e. The zero-order chi connectivity index (χ0) is 14.6. The predicted molar refractivity (Wildman–Crippen MR) is 67.4 cm³/mol. The number of carbonyl (C=O) groups excluding carboxylic acids is 1. The van der Waals surface area contributed by atoms with Crippen LogP contribution in [0, 0.1) is 5.92 Å². The second-order valence-corrected chi connectivity index (χ2v) is 4.95. The van der Waals surface area contributed by atoms with E-state index in [1.54, 1.807) is 30.3 Å². The molecule has 0 spiro atoms. The number of ether oxygens (including phenoxy) is 1. The highest BCUT2D eigenvalue weighted by Crippen LogP contribution is 2.37. The first-order valence-electron chi connectivity index (χ1n) is 6.55. The smallest absolute Gasteiger partial charge is 0.410 e. The topological polar surface area (TPSA) is 38.3 Å². The Balaban J connectivity index is 1.85. The average molecular weight is 287 g/mol. The fraction of sp³-hybridized carbons (Fsp3) is 0.500. The zero-order valence-corrected chi connectivity index (χ0v) is 10.8. The standard InChI is InChI=1S/C14H16F3NO2/c15-14(16,17)10-5-4-6-11(9-10)18-13(19)20-12-7-2-1-3-8-12/h1-3,7-8,10-11H,4-6,9H2,(H,18,19). The molecule has 1 fully saturated rings. The minimum Gasteiger partial charge on any atom is -0.410 e. The molecule has 2 atom stereocenters. The van der Waals surface area contributed by atoms with Crippen molar-refractivity contribution in [3.8, 4) is 5.75 Å². The van der Waals surface area contributed by atoms with E-state index in [4.69, 9.17) is 4.74 Å². The van der Waals surface area contributed by atoms with E-state index in [1.165, 1.54) is 0 Å². The van der Waals surface area contributed by atoms with Gasteiger partial charge < -0.3 is 10.1 Å². The van der Waals surface area contributed by atoms with Crippen LogP contribution in [0.4, 0.5) is 18.0 Å². The molecule has 1 amide bonds. The highest BCUT2D eigenvalue weighted by Gasteiger charge is 2.42. The second-order valence-electron chi connectivity index (χ2n) is 4.95. The van der Waals surface area contributed by atoms with Gasteiger partial charge in [-0.3, -0.25) is 0 Å². The summed E-state index contributed by atoms with van der Waals surface area (Å²) in [6.07, 6.45) is -3.83. The van der Waals surface area contributed by atoms with E-state index >= 15 is 0 Å². The Morgan fingerprint density at radius 1 is 1.20 bits per heavy atom. The lowest BCUT2D eigenvalue weighted by atomic mass is 9.85. The summed E-state index contributed by atoms with van der Waals surface area (Å²) >= 11 is 0. The van der Waals surface area contributed by atoms with Crippen molar-refractivity contribution in [3.05, 3.63) is 30.3 Å². The lowest BCUT2D eigenvalue weighted by Gasteiger charge is -2.30. The maximum atomic E-state index is 12.7. The summed E-state index contributed by atoms with van der Waals surface area (Å²) in [6.45, 7) is 0. The molecular weight excluding hydrogens is 271 g/mol. The zero-order valence-electron chi connectivity index (χ0n) is 10.8. The van der Waals surface area contributed by atoms with E-state index in [0.29, 0.717) is 18.6 Å². The third-order valence-electron chi connectivity index (χ3n) is 3.41. The number of carbonyl (C=O) groups is 1. The molecule has 0 bridgehead atoms. The van der Waals surface area contributed by atoms with Crippen molar-refractivity contribution in [1.29, 1.82) is 0 Å². The van der Waals surface area contributed by atoms with Crippen molar-refractivity contribution in [1.82, 2.24) is 5.32 Å². The fourth-order valence-electron chi connectivity index (χ4n) is 2.41. The lowest BCUT2D eigenvalue weighted by Crippen LogP contribution is -2.42. The number of rotatable bonds is 2. The highest BCUT2D eigenvalue weighted by molar-refractivity contribution is 5.70. The molecule has 0 aromatic heterocycles. The molecule has 0 heterocycles. The Hall–Kier alpha value is -1.72. The monoisotopic (exact) mass is 287 g/mol. The normalized spacial score (nSPS) is 23.1.